The molecule has 0 aromatic heterocycles. The standard InChI is InChI=1S/C30H42Si/c1-10-24-14-25(11-2)17-28(16-24)31(9,30(8)20-21(5)22(6)23(30)7)29-18-26(12-3)15-27(13-4)19-29/h14-20H,10-13H2,1-9H3. The molecule has 0 heterocycles. The summed E-state index contributed by atoms with van der Waals surface area (Å²) in [4.78, 5) is 0. The van der Waals surface area contributed by atoms with Crippen LogP contribution >= 0.6 is 0 Å². The van der Waals surface area contributed by atoms with E-state index in [1.165, 1.54) is 33.4 Å². The summed E-state index contributed by atoms with van der Waals surface area (Å²) in [5, 5.41) is 3.27. The summed E-state index contributed by atoms with van der Waals surface area (Å²) in [7, 11) is -2.16. The molecule has 1 aliphatic carbocycles. The first-order chi connectivity index (χ1) is 14.6. The van der Waals surface area contributed by atoms with Crippen molar-refractivity contribution in [3.05, 3.63) is 81.4 Å². The predicted octanol–water partition coefficient (Wildman–Crippen LogP) is 7.19. The van der Waals surface area contributed by atoms with Gasteiger partial charge in [-0.05, 0) is 74.3 Å². The fraction of sp³-hybridized carbons (Fsp3) is 0.467. The van der Waals surface area contributed by atoms with E-state index in [1.807, 2.05) is 0 Å². The maximum atomic E-state index is 2.64. The Bertz CT molecular complexity index is 936. The first kappa shape index (κ1) is 23.8. The third kappa shape index (κ3) is 3.91. The van der Waals surface area contributed by atoms with E-state index in [-0.39, 0.29) is 5.04 Å². The van der Waals surface area contributed by atoms with Crippen molar-refractivity contribution < 1.29 is 0 Å². The molecule has 0 saturated carbocycles. The average molecular weight is 431 g/mol. The van der Waals surface area contributed by atoms with Crippen molar-refractivity contribution in [2.75, 3.05) is 0 Å². The van der Waals surface area contributed by atoms with Crippen molar-refractivity contribution in [2.24, 2.45) is 0 Å². The van der Waals surface area contributed by atoms with Gasteiger partial charge in [0.1, 0.15) is 8.07 Å². The molecule has 31 heavy (non-hydrogen) atoms. The van der Waals surface area contributed by atoms with Gasteiger partial charge < -0.3 is 0 Å². The number of rotatable bonds is 7. The minimum atomic E-state index is -2.16. The van der Waals surface area contributed by atoms with Crippen molar-refractivity contribution >= 4 is 18.4 Å². The molecule has 3 rings (SSSR count). The molecule has 0 radical (unpaired) electrons. The van der Waals surface area contributed by atoms with Crippen molar-refractivity contribution in [2.45, 2.75) is 92.7 Å². The van der Waals surface area contributed by atoms with Crippen molar-refractivity contribution in [1.29, 1.82) is 0 Å². The Kier molecular flexibility index (Phi) is 6.86. The van der Waals surface area contributed by atoms with Crippen molar-refractivity contribution in [3.63, 3.8) is 0 Å². The van der Waals surface area contributed by atoms with E-state index in [1.54, 1.807) is 15.9 Å². The highest BCUT2D eigenvalue weighted by Crippen LogP contribution is 2.53. The monoisotopic (exact) mass is 430 g/mol. The molecular formula is C30H42Si. The Hall–Kier alpha value is -1.86. The van der Waals surface area contributed by atoms with Crippen LogP contribution in [-0.2, 0) is 25.7 Å². The highest BCUT2D eigenvalue weighted by molar-refractivity contribution is 7.04. The summed E-state index contributed by atoms with van der Waals surface area (Å²) < 4.78 is 0. The SMILES string of the molecule is CCc1cc(CC)cc([Si](C)(c2cc(CC)cc(CC)c2)C2(C)C=C(C)C(C)=C2C)c1. The topological polar surface area (TPSA) is 0 Å². The summed E-state index contributed by atoms with van der Waals surface area (Å²) in [5.41, 5.74) is 10.5. The zero-order chi connectivity index (χ0) is 23.0. The lowest BCUT2D eigenvalue weighted by atomic mass is 10.0. The Morgan fingerprint density at radius 3 is 1.26 bits per heavy atom. The van der Waals surface area contributed by atoms with Gasteiger partial charge in [-0.2, -0.15) is 0 Å². The lowest BCUT2D eigenvalue weighted by molar-refractivity contribution is 0.864. The van der Waals surface area contributed by atoms with Gasteiger partial charge in [0.25, 0.3) is 0 Å². The molecule has 2 aromatic rings. The predicted molar refractivity (Wildman–Crippen MR) is 142 cm³/mol. The second-order valence-electron chi connectivity index (χ2n) is 9.90. The van der Waals surface area contributed by atoms with Gasteiger partial charge in [-0.1, -0.05) is 105 Å². The van der Waals surface area contributed by atoms with Gasteiger partial charge in [-0.3, -0.25) is 0 Å². The number of allylic oxidation sites excluding steroid dienone is 4. The molecule has 1 aliphatic rings. The van der Waals surface area contributed by atoms with Gasteiger partial charge in [-0.25, -0.2) is 0 Å². The Balaban J connectivity index is 2.42. The zero-order valence-corrected chi connectivity index (χ0v) is 22.4. The van der Waals surface area contributed by atoms with E-state index in [0.29, 0.717) is 0 Å². The smallest absolute Gasteiger partial charge is 0.0733 e. The number of aryl methyl sites for hydroxylation is 4. The molecule has 0 saturated heterocycles. The van der Waals surface area contributed by atoms with Crippen LogP contribution in [0.15, 0.2) is 59.2 Å². The van der Waals surface area contributed by atoms with Crippen molar-refractivity contribution in [3.8, 4) is 0 Å². The van der Waals surface area contributed by atoms with Crippen LogP contribution in [0.3, 0.4) is 0 Å². The molecule has 1 unspecified atom stereocenters. The quantitative estimate of drug-likeness (QED) is 0.408. The van der Waals surface area contributed by atoms with Crippen molar-refractivity contribution in [1.82, 2.24) is 0 Å². The molecule has 2 aromatic carbocycles. The lowest BCUT2D eigenvalue weighted by Gasteiger charge is -2.45. The third-order valence-electron chi connectivity index (χ3n) is 8.37. The molecule has 1 heteroatoms. The molecule has 166 valence electrons. The van der Waals surface area contributed by atoms with Gasteiger partial charge in [0, 0.05) is 5.04 Å². The van der Waals surface area contributed by atoms with Gasteiger partial charge in [-0.15, -0.1) is 0 Å². The maximum absolute atomic E-state index is 2.64. The summed E-state index contributed by atoms with van der Waals surface area (Å²) in [6.45, 7) is 21.4. The zero-order valence-electron chi connectivity index (χ0n) is 21.4. The third-order valence-corrected chi connectivity index (χ3v) is 13.9. The Morgan fingerprint density at radius 1 is 0.645 bits per heavy atom. The van der Waals surface area contributed by atoms with Gasteiger partial charge >= 0.3 is 0 Å². The van der Waals surface area contributed by atoms with Crippen LogP contribution in [-0.4, -0.2) is 8.07 Å². The van der Waals surface area contributed by atoms with Crippen LogP contribution in [0.2, 0.25) is 11.6 Å². The number of hydrogen-bond acceptors (Lipinski definition) is 0. The van der Waals surface area contributed by atoms with Crippen LogP contribution in [0.5, 0.6) is 0 Å². The Labute approximate surface area is 192 Å². The normalized spacial score (nSPS) is 19.2. The molecule has 0 spiro atoms. The minimum Gasteiger partial charge on any atom is -0.0733 e. The number of benzene rings is 2. The first-order valence-electron chi connectivity index (χ1n) is 12.3. The summed E-state index contributed by atoms with van der Waals surface area (Å²) >= 11 is 0. The fourth-order valence-electron chi connectivity index (χ4n) is 5.54. The molecule has 0 amide bonds. The van der Waals surface area contributed by atoms with Crippen LogP contribution in [0.1, 0.15) is 77.6 Å². The maximum Gasteiger partial charge on any atom is 0.128 e. The van der Waals surface area contributed by atoms with Gasteiger partial charge in [0.2, 0.25) is 0 Å². The summed E-state index contributed by atoms with van der Waals surface area (Å²) in [6.07, 6.45) is 7.00. The molecule has 0 bridgehead atoms. The van der Waals surface area contributed by atoms with E-state index in [2.05, 4.69) is 104 Å². The lowest BCUT2D eigenvalue weighted by Crippen LogP contribution is -2.63. The van der Waals surface area contributed by atoms with Crippen LogP contribution in [0.25, 0.3) is 0 Å². The molecule has 0 nitrogen and oxygen atoms in total. The van der Waals surface area contributed by atoms with Crippen LogP contribution in [0.4, 0.5) is 0 Å². The van der Waals surface area contributed by atoms with Gasteiger partial charge in [0.05, 0.1) is 0 Å². The molecule has 0 fully saturated rings. The summed E-state index contributed by atoms with van der Waals surface area (Å²) in [6, 6.07) is 15.0. The molecule has 0 aliphatic heterocycles. The van der Waals surface area contributed by atoms with Gasteiger partial charge in [0.15, 0.2) is 0 Å². The van der Waals surface area contributed by atoms with Crippen LogP contribution in [0, 0.1) is 0 Å². The summed E-state index contributed by atoms with van der Waals surface area (Å²) in [5.74, 6) is 0. The second kappa shape index (κ2) is 8.94. The first-order valence-corrected chi connectivity index (χ1v) is 14.8. The van der Waals surface area contributed by atoms with E-state index in [9.17, 15) is 0 Å². The van der Waals surface area contributed by atoms with E-state index >= 15 is 0 Å². The molecule has 1 atom stereocenters. The highest BCUT2D eigenvalue weighted by Gasteiger charge is 2.51. The number of hydrogen-bond donors (Lipinski definition) is 0. The second-order valence-corrected chi connectivity index (χ2v) is 14.3. The van der Waals surface area contributed by atoms with Crippen LogP contribution < -0.4 is 10.4 Å². The van der Waals surface area contributed by atoms with E-state index in [0.717, 1.165) is 25.7 Å². The molecular weight excluding hydrogens is 388 g/mol. The fourth-order valence-corrected chi connectivity index (χ4v) is 10.4. The minimum absolute atomic E-state index is 0.0793. The largest absolute Gasteiger partial charge is 0.128 e. The van der Waals surface area contributed by atoms with E-state index in [4.69, 9.17) is 0 Å². The Morgan fingerprint density at radius 2 is 1.00 bits per heavy atom. The van der Waals surface area contributed by atoms with E-state index < -0.39 is 8.07 Å². The highest BCUT2D eigenvalue weighted by atomic mass is 28.3. The average Bonchev–Trinajstić information content (AvgIpc) is 3.00. The molecule has 0 N–H and O–H groups in total.